The number of aromatic nitrogens is 2. The van der Waals surface area contributed by atoms with Gasteiger partial charge in [0.1, 0.15) is 12.1 Å². The summed E-state index contributed by atoms with van der Waals surface area (Å²) in [5.74, 6) is 2.31. The van der Waals surface area contributed by atoms with Crippen molar-refractivity contribution in [2.75, 3.05) is 40.2 Å². The first-order valence-corrected chi connectivity index (χ1v) is 8.87. The van der Waals surface area contributed by atoms with Crippen molar-refractivity contribution in [2.24, 2.45) is 0 Å². The molecule has 1 atom stereocenters. The lowest BCUT2D eigenvalue weighted by atomic mass is 10.0. The molecule has 1 aromatic heterocycles. The highest BCUT2D eigenvalue weighted by atomic mass is 16.5. The number of hydrogen-bond acceptors (Lipinski definition) is 6. The smallest absolute Gasteiger partial charge is 0.161 e. The monoisotopic (exact) mass is 366 g/mol. The Morgan fingerprint density at radius 1 is 1.04 bits per heavy atom. The van der Waals surface area contributed by atoms with Gasteiger partial charge in [-0.1, -0.05) is 18.2 Å². The maximum absolute atomic E-state index is 5.46. The number of rotatable bonds is 7. The van der Waals surface area contributed by atoms with Gasteiger partial charge >= 0.3 is 0 Å². The van der Waals surface area contributed by atoms with E-state index in [1.165, 1.54) is 0 Å². The molecular formula is C21H26N4O2. The summed E-state index contributed by atoms with van der Waals surface area (Å²) in [6, 6.07) is 12.3. The van der Waals surface area contributed by atoms with Crippen LogP contribution in [0.1, 0.15) is 17.2 Å². The molecular weight excluding hydrogens is 340 g/mol. The Kier molecular flexibility index (Phi) is 5.76. The molecule has 2 aromatic carbocycles. The fourth-order valence-electron chi connectivity index (χ4n) is 3.27. The van der Waals surface area contributed by atoms with E-state index in [1.54, 1.807) is 20.5 Å². The molecule has 0 saturated carbocycles. The maximum atomic E-state index is 5.46. The molecule has 0 fully saturated rings. The predicted octanol–water partition coefficient (Wildman–Crippen LogP) is 3.67. The van der Waals surface area contributed by atoms with Gasteiger partial charge in [-0.15, -0.1) is 0 Å². The number of aryl methyl sites for hydroxylation is 1. The Bertz CT molecular complexity index is 922. The van der Waals surface area contributed by atoms with Gasteiger partial charge in [0.25, 0.3) is 0 Å². The summed E-state index contributed by atoms with van der Waals surface area (Å²) in [6.07, 6.45) is 1.60. The molecule has 0 aliphatic heterocycles. The Morgan fingerprint density at radius 2 is 1.81 bits per heavy atom. The molecule has 0 aliphatic rings. The predicted molar refractivity (Wildman–Crippen MR) is 109 cm³/mol. The lowest BCUT2D eigenvalue weighted by molar-refractivity contribution is 0.308. The molecule has 6 nitrogen and oxygen atoms in total. The number of hydrogen-bond donors (Lipinski definition) is 1. The number of nitrogens with zero attached hydrogens (tertiary/aromatic N) is 3. The Labute approximate surface area is 160 Å². The number of fused-ring (bicyclic) bond motifs is 1. The van der Waals surface area contributed by atoms with Gasteiger partial charge in [-0.2, -0.15) is 0 Å². The summed E-state index contributed by atoms with van der Waals surface area (Å²) in [6.45, 7) is 2.78. The van der Waals surface area contributed by atoms with Gasteiger partial charge in [-0.3, -0.25) is 0 Å². The molecule has 0 radical (unpaired) electrons. The van der Waals surface area contributed by atoms with Crippen molar-refractivity contribution in [1.29, 1.82) is 0 Å². The van der Waals surface area contributed by atoms with E-state index in [9.17, 15) is 0 Å². The molecule has 0 aliphatic carbocycles. The first kappa shape index (κ1) is 18.9. The average molecular weight is 366 g/mol. The highest BCUT2D eigenvalue weighted by Crippen LogP contribution is 2.32. The van der Waals surface area contributed by atoms with E-state index >= 15 is 0 Å². The van der Waals surface area contributed by atoms with Crippen molar-refractivity contribution in [1.82, 2.24) is 14.9 Å². The highest BCUT2D eigenvalue weighted by Gasteiger charge is 2.17. The normalized spacial score (nSPS) is 12.2. The molecule has 0 spiro atoms. The van der Waals surface area contributed by atoms with Gasteiger partial charge in [0, 0.05) is 11.9 Å². The molecule has 27 heavy (non-hydrogen) atoms. The van der Waals surface area contributed by atoms with Crippen molar-refractivity contribution in [2.45, 2.75) is 13.0 Å². The molecule has 1 heterocycles. The molecule has 3 aromatic rings. The number of anilines is 1. The topological polar surface area (TPSA) is 59.5 Å². The van der Waals surface area contributed by atoms with Gasteiger partial charge in [0.2, 0.25) is 0 Å². The van der Waals surface area contributed by atoms with Crippen molar-refractivity contribution in [3.63, 3.8) is 0 Å². The van der Waals surface area contributed by atoms with Crippen LogP contribution in [-0.4, -0.2) is 49.7 Å². The summed E-state index contributed by atoms with van der Waals surface area (Å²) in [4.78, 5) is 11.0. The summed E-state index contributed by atoms with van der Waals surface area (Å²) in [5.41, 5.74) is 3.24. The third-order valence-electron chi connectivity index (χ3n) is 4.75. The maximum Gasteiger partial charge on any atom is 0.161 e. The molecule has 0 bridgehead atoms. The molecule has 0 saturated heterocycles. The standard InChI is InChI=1S/C21H26N4O2/c1-14-7-6-8-16-20(14)21(24-13-23-16)22-12-17(25(2)3)15-9-10-18(26-4)19(11-15)27-5/h6-11,13,17H,12H2,1-5H3,(H,22,23,24). The van der Waals surface area contributed by atoms with Crippen LogP contribution in [0.15, 0.2) is 42.7 Å². The van der Waals surface area contributed by atoms with Crippen molar-refractivity contribution in [3.05, 3.63) is 53.9 Å². The number of benzene rings is 2. The number of nitrogens with one attached hydrogen (secondary N) is 1. The van der Waals surface area contributed by atoms with E-state index < -0.39 is 0 Å². The van der Waals surface area contributed by atoms with Crippen molar-refractivity contribution < 1.29 is 9.47 Å². The van der Waals surface area contributed by atoms with Gasteiger partial charge in [-0.25, -0.2) is 9.97 Å². The zero-order chi connectivity index (χ0) is 19.4. The third-order valence-corrected chi connectivity index (χ3v) is 4.75. The SMILES string of the molecule is COc1ccc(C(CNc2ncnc3cccc(C)c23)N(C)C)cc1OC. The van der Waals surface area contributed by atoms with E-state index in [0.717, 1.165) is 39.3 Å². The van der Waals surface area contributed by atoms with Crippen LogP contribution >= 0.6 is 0 Å². The second-order valence-electron chi connectivity index (χ2n) is 6.67. The Hall–Kier alpha value is -2.86. The van der Waals surface area contributed by atoms with E-state index in [-0.39, 0.29) is 6.04 Å². The molecule has 1 N–H and O–H groups in total. The van der Waals surface area contributed by atoms with Crippen LogP contribution in [0.2, 0.25) is 0 Å². The quantitative estimate of drug-likeness (QED) is 0.688. The van der Waals surface area contributed by atoms with Gasteiger partial charge in [-0.05, 0) is 50.3 Å². The van der Waals surface area contributed by atoms with Crippen LogP contribution in [-0.2, 0) is 0 Å². The summed E-state index contributed by atoms with van der Waals surface area (Å²) >= 11 is 0. The van der Waals surface area contributed by atoms with Crippen molar-refractivity contribution >= 4 is 16.7 Å². The fraction of sp³-hybridized carbons (Fsp3) is 0.333. The second kappa shape index (κ2) is 8.22. The first-order chi connectivity index (χ1) is 13.0. The van der Waals surface area contributed by atoms with Crippen molar-refractivity contribution in [3.8, 4) is 11.5 Å². The van der Waals surface area contributed by atoms with Gasteiger partial charge < -0.3 is 19.7 Å². The summed E-state index contributed by atoms with van der Waals surface area (Å²) in [5, 5.41) is 4.57. The largest absolute Gasteiger partial charge is 0.493 e. The zero-order valence-corrected chi connectivity index (χ0v) is 16.5. The van der Waals surface area contributed by atoms with Crippen LogP contribution in [0.4, 0.5) is 5.82 Å². The third kappa shape index (κ3) is 3.95. The van der Waals surface area contributed by atoms with Gasteiger partial charge in [0.05, 0.1) is 25.8 Å². The molecule has 142 valence electrons. The molecule has 3 rings (SSSR count). The van der Waals surface area contributed by atoms with Gasteiger partial charge in [0.15, 0.2) is 11.5 Å². The van der Waals surface area contributed by atoms with Crippen LogP contribution < -0.4 is 14.8 Å². The fourth-order valence-corrected chi connectivity index (χ4v) is 3.27. The molecule has 1 unspecified atom stereocenters. The Balaban J connectivity index is 1.89. The summed E-state index contributed by atoms with van der Waals surface area (Å²) in [7, 11) is 7.42. The lowest BCUT2D eigenvalue weighted by Gasteiger charge is -2.26. The highest BCUT2D eigenvalue weighted by molar-refractivity contribution is 5.91. The van der Waals surface area contributed by atoms with Crippen LogP contribution in [0.5, 0.6) is 11.5 Å². The first-order valence-electron chi connectivity index (χ1n) is 8.87. The minimum atomic E-state index is 0.138. The number of likely N-dealkylation sites (N-methyl/N-ethyl adjacent to an activating group) is 1. The lowest BCUT2D eigenvalue weighted by Crippen LogP contribution is -2.27. The summed E-state index contributed by atoms with van der Waals surface area (Å²) < 4.78 is 10.8. The van der Waals surface area contributed by atoms with E-state index in [0.29, 0.717) is 6.54 Å². The van der Waals surface area contributed by atoms with Crippen LogP contribution in [0.25, 0.3) is 10.9 Å². The average Bonchev–Trinajstić information content (AvgIpc) is 2.67. The Morgan fingerprint density at radius 3 is 2.52 bits per heavy atom. The van der Waals surface area contributed by atoms with E-state index in [2.05, 4.69) is 53.3 Å². The minimum absolute atomic E-state index is 0.138. The molecule has 6 heteroatoms. The van der Waals surface area contributed by atoms with E-state index in [1.807, 2.05) is 24.3 Å². The van der Waals surface area contributed by atoms with Crippen LogP contribution in [0.3, 0.4) is 0 Å². The zero-order valence-electron chi connectivity index (χ0n) is 16.5. The van der Waals surface area contributed by atoms with E-state index in [4.69, 9.17) is 9.47 Å². The minimum Gasteiger partial charge on any atom is -0.493 e. The second-order valence-corrected chi connectivity index (χ2v) is 6.67. The number of methoxy groups -OCH3 is 2. The molecule has 0 amide bonds. The van der Waals surface area contributed by atoms with Crippen LogP contribution in [0, 0.1) is 6.92 Å². The number of ether oxygens (including phenoxy) is 2.